The summed E-state index contributed by atoms with van der Waals surface area (Å²) in [6.45, 7) is 0.295. The number of pyridine rings is 1. The van der Waals surface area contributed by atoms with Gasteiger partial charge in [-0.15, -0.1) is 0 Å². The number of fused-ring (bicyclic) bond motifs is 2. The second kappa shape index (κ2) is 7.96. The molecule has 0 saturated carbocycles. The van der Waals surface area contributed by atoms with Crippen molar-refractivity contribution in [1.29, 1.82) is 0 Å². The van der Waals surface area contributed by atoms with Gasteiger partial charge in [-0.3, -0.25) is 14.6 Å². The number of carbonyl (C=O) groups excluding carboxylic acids is 3. The van der Waals surface area contributed by atoms with E-state index in [9.17, 15) is 14.4 Å². The lowest BCUT2D eigenvalue weighted by Gasteiger charge is -2.14. The van der Waals surface area contributed by atoms with Gasteiger partial charge < -0.3 is 10.6 Å². The molecule has 1 aliphatic rings. The van der Waals surface area contributed by atoms with Crippen LogP contribution in [-0.4, -0.2) is 22.8 Å². The third kappa shape index (κ3) is 3.56. The molecule has 1 aromatic heterocycles. The fourth-order valence-corrected chi connectivity index (χ4v) is 3.70. The van der Waals surface area contributed by atoms with Gasteiger partial charge in [-0.25, -0.2) is 9.69 Å². The summed E-state index contributed by atoms with van der Waals surface area (Å²) in [6.07, 6.45) is 1.72. The lowest BCUT2D eigenvalue weighted by molar-refractivity contribution is 0.0926. The van der Waals surface area contributed by atoms with Crippen molar-refractivity contribution in [2.75, 3.05) is 10.2 Å². The molecule has 7 heteroatoms. The summed E-state index contributed by atoms with van der Waals surface area (Å²) in [6, 6.07) is 22.7. The number of carbonyl (C=O) groups is 3. The van der Waals surface area contributed by atoms with Crippen LogP contribution in [0.25, 0.3) is 10.9 Å². The van der Waals surface area contributed by atoms with E-state index in [2.05, 4.69) is 15.6 Å². The minimum atomic E-state index is -0.335. The average Bonchev–Trinajstić information content (AvgIpc) is 3.08. The van der Waals surface area contributed by atoms with Gasteiger partial charge in [-0.1, -0.05) is 30.3 Å². The molecule has 1 aliphatic heterocycles. The standard InChI is InChI=1S/C25H18N4O3/c30-23-20-5-1-2-6-21(20)24(31)29(23)19-10-7-16(8-11-19)15-27-25(32)28-18-9-12-22-17(14-18)4-3-13-26-22/h1-14H,15H2,(H2,27,28,32). The molecule has 32 heavy (non-hydrogen) atoms. The number of imide groups is 1. The summed E-state index contributed by atoms with van der Waals surface area (Å²) in [5, 5.41) is 6.55. The van der Waals surface area contributed by atoms with E-state index in [1.165, 1.54) is 4.90 Å². The largest absolute Gasteiger partial charge is 0.334 e. The molecule has 2 N–H and O–H groups in total. The highest BCUT2D eigenvalue weighted by Gasteiger charge is 2.36. The molecule has 7 nitrogen and oxygen atoms in total. The SMILES string of the molecule is O=C(NCc1ccc(N2C(=O)c3ccccc3C2=O)cc1)Nc1ccc2ncccc2c1. The van der Waals surface area contributed by atoms with Gasteiger partial charge in [0.2, 0.25) is 0 Å². The van der Waals surface area contributed by atoms with Crippen molar-refractivity contribution in [3.63, 3.8) is 0 Å². The van der Waals surface area contributed by atoms with Crippen molar-refractivity contribution in [1.82, 2.24) is 10.3 Å². The summed E-state index contributed by atoms with van der Waals surface area (Å²) in [7, 11) is 0. The molecule has 0 spiro atoms. The highest BCUT2D eigenvalue weighted by molar-refractivity contribution is 6.34. The normalized spacial score (nSPS) is 12.7. The van der Waals surface area contributed by atoms with E-state index in [4.69, 9.17) is 0 Å². The Balaban J connectivity index is 1.22. The molecule has 0 fully saturated rings. The molecule has 0 bridgehead atoms. The summed E-state index contributed by atoms with van der Waals surface area (Å²) < 4.78 is 0. The van der Waals surface area contributed by atoms with E-state index in [0.29, 0.717) is 29.0 Å². The number of anilines is 2. The van der Waals surface area contributed by atoms with Crippen LogP contribution < -0.4 is 15.5 Å². The van der Waals surface area contributed by atoms with Gasteiger partial charge in [0.15, 0.2) is 0 Å². The predicted molar refractivity (Wildman–Crippen MR) is 122 cm³/mol. The van der Waals surface area contributed by atoms with Gasteiger partial charge in [0, 0.05) is 23.8 Å². The van der Waals surface area contributed by atoms with Crippen molar-refractivity contribution in [3.05, 3.63) is 102 Å². The first-order valence-electron chi connectivity index (χ1n) is 10.1. The molecule has 4 aromatic rings. The number of urea groups is 1. The van der Waals surface area contributed by atoms with Crippen LogP contribution in [0.3, 0.4) is 0 Å². The Morgan fingerprint density at radius 3 is 2.28 bits per heavy atom. The van der Waals surface area contributed by atoms with Crippen molar-refractivity contribution >= 4 is 40.1 Å². The molecule has 0 unspecified atom stereocenters. The molecule has 3 aromatic carbocycles. The minimum Gasteiger partial charge on any atom is -0.334 e. The van der Waals surface area contributed by atoms with Gasteiger partial charge in [0.1, 0.15) is 0 Å². The van der Waals surface area contributed by atoms with E-state index in [1.807, 2.05) is 24.3 Å². The fraction of sp³-hybridized carbons (Fsp3) is 0.0400. The number of nitrogens with one attached hydrogen (secondary N) is 2. The second-order valence-corrected chi connectivity index (χ2v) is 7.38. The van der Waals surface area contributed by atoms with E-state index < -0.39 is 0 Å². The van der Waals surface area contributed by atoms with Crippen LogP contribution in [0.15, 0.2) is 85.1 Å². The molecule has 0 radical (unpaired) electrons. The van der Waals surface area contributed by atoms with E-state index in [0.717, 1.165) is 16.5 Å². The monoisotopic (exact) mass is 422 g/mol. The number of hydrogen-bond acceptors (Lipinski definition) is 4. The molecule has 5 rings (SSSR count). The van der Waals surface area contributed by atoms with Crippen molar-refractivity contribution in [2.45, 2.75) is 6.54 Å². The van der Waals surface area contributed by atoms with Gasteiger partial charge in [-0.05, 0) is 54.1 Å². The minimum absolute atomic E-state index is 0.295. The van der Waals surface area contributed by atoms with Gasteiger partial charge >= 0.3 is 6.03 Å². The average molecular weight is 422 g/mol. The smallest absolute Gasteiger partial charge is 0.319 e. The molecule has 0 saturated heterocycles. The van der Waals surface area contributed by atoms with Gasteiger partial charge in [0.05, 0.1) is 22.3 Å². The van der Waals surface area contributed by atoms with Crippen LogP contribution in [0.1, 0.15) is 26.3 Å². The Hall–Kier alpha value is -4.52. The molecule has 0 aliphatic carbocycles. The number of nitrogens with zero attached hydrogens (tertiary/aromatic N) is 2. The van der Waals surface area contributed by atoms with Crippen molar-refractivity contribution in [2.24, 2.45) is 0 Å². The predicted octanol–water partition coefficient (Wildman–Crippen LogP) is 4.36. The molecule has 156 valence electrons. The van der Waals surface area contributed by atoms with E-state index in [-0.39, 0.29) is 17.8 Å². The molecular formula is C25H18N4O3. The van der Waals surface area contributed by atoms with E-state index in [1.54, 1.807) is 60.8 Å². The third-order valence-electron chi connectivity index (χ3n) is 5.30. The van der Waals surface area contributed by atoms with Crippen LogP contribution in [0, 0.1) is 0 Å². The highest BCUT2D eigenvalue weighted by Crippen LogP contribution is 2.28. The number of hydrogen-bond donors (Lipinski definition) is 2. The van der Waals surface area contributed by atoms with Crippen molar-refractivity contribution < 1.29 is 14.4 Å². The zero-order chi connectivity index (χ0) is 22.1. The maximum atomic E-state index is 12.6. The first kappa shape index (κ1) is 19.4. The third-order valence-corrected chi connectivity index (χ3v) is 5.30. The topological polar surface area (TPSA) is 91.4 Å². The van der Waals surface area contributed by atoms with Crippen LogP contribution in [0.4, 0.5) is 16.2 Å². The van der Waals surface area contributed by atoms with Gasteiger partial charge in [-0.2, -0.15) is 0 Å². The highest BCUT2D eigenvalue weighted by atomic mass is 16.2. The fourth-order valence-electron chi connectivity index (χ4n) is 3.70. The summed E-state index contributed by atoms with van der Waals surface area (Å²) in [5.74, 6) is -0.664. The van der Waals surface area contributed by atoms with Crippen LogP contribution in [0.5, 0.6) is 0 Å². The molecule has 4 amide bonds. The zero-order valence-electron chi connectivity index (χ0n) is 16.9. The maximum Gasteiger partial charge on any atom is 0.319 e. The Labute approximate surface area is 183 Å². The summed E-state index contributed by atoms with van der Waals surface area (Å²) in [4.78, 5) is 42.9. The lowest BCUT2D eigenvalue weighted by atomic mass is 10.1. The molecule has 2 heterocycles. The first-order chi connectivity index (χ1) is 15.6. The quantitative estimate of drug-likeness (QED) is 0.478. The molecular weight excluding hydrogens is 404 g/mol. The van der Waals surface area contributed by atoms with Crippen LogP contribution >= 0.6 is 0 Å². The van der Waals surface area contributed by atoms with E-state index >= 15 is 0 Å². The Kier molecular flexibility index (Phi) is 4.84. The van der Waals surface area contributed by atoms with Crippen molar-refractivity contribution in [3.8, 4) is 0 Å². The number of aromatic nitrogens is 1. The van der Waals surface area contributed by atoms with Gasteiger partial charge in [0.25, 0.3) is 11.8 Å². The number of amides is 4. The summed E-state index contributed by atoms with van der Waals surface area (Å²) >= 11 is 0. The number of rotatable bonds is 4. The first-order valence-corrected chi connectivity index (χ1v) is 10.1. The zero-order valence-corrected chi connectivity index (χ0v) is 16.9. The Morgan fingerprint density at radius 1 is 0.844 bits per heavy atom. The van der Waals surface area contributed by atoms with Crippen LogP contribution in [0.2, 0.25) is 0 Å². The maximum absolute atomic E-state index is 12.6. The Morgan fingerprint density at radius 2 is 1.56 bits per heavy atom. The molecule has 0 atom stereocenters. The second-order valence-electron chi connectivity index (χ2n) is 7.38. The summed E-state index contributed by atoms with van der Waals surface area (Å²) in [5.41, 5.74) is 3.67. The van der Waals surface area contributed by atoms with Crippen LogP contribution in [-0.2, 0) is 6.54 Å². The Bertz CT molecular complexity index is 1330. The number of benzene rings is 3. The lowest BCUT2D eigenvalue weighted by Crippen LogP contribution is -2.29.